The fourth-order valence-corrected chi connectivity index (χ4v) is 3.79. The quantitative estimate of drug-likeness (QED) is 0.874. The highest BCUT2D eigenvalue weighted by Gasteiger charge is 2.20. The van der Waals surface area contributed by atoms with Gasteiger partial charge in [0.2, 0.25) is 0 Å². The Morgan fingerprint density at radius 2 is 2.06 bits per heavy atom. The molecule has 0 amide bonds. The predicted molar refractivity (Wildman–Crippen MR) is 78.1 cm³/mol. The first-order valence-electron chi connectivity index (χ1n) is 6.74. The Balaban J connectivity index is 1.56. The lowest BCUT2D eigenvalue weighted by Crippen LogP contribution is -2.23. The fraction of sp³-hybridized carbons (Fsp3) is 0.375. The number of benzene rings is 1. The van der Waals surface area contributed by atoms with E-state index in [2.05, 4.69) is 47.1 Å². The summed E-state index contributed by atoms with van der Waals surface area (Å²) in [6.45, 7) is 2.09. The van der Waals surface area contributed by atoms with Gasteiger partial charge in [0.15, 0.2) is 0 Å². The van der Waals surface area contributed by atoms with Crippen LogP contribution in [0.15, 0.2) is 41.8 Å². The van der Waals surface area contributed by atoms with E-state index in [1.54, 1.807) is 10.4 Å². The maximum atomic E-state index is 3.61. The van der Waals surface area contributed by atoms with Crippen LogP contribution in [0.2, 0.25) is 0 Å². The summed E-state index contributed by atoms with van der Waals surface area (Å²) in [5.41, 5.74) is 2.98. The summed E-state index contributed by atoms with van der Waals surface area (Å²) >= 11 is 1.93. The topological polar surface area (TPSA) is 12.0 Å². The highest BCUT2D eigenvalue weighted by Crippen LogP contribution is 2.34. The van der Waals surface area contributed by atoms with Crippen LogP contribution in [-0.4, -0.2) is 6.54 Å². The number of aryl methyl sites for hydroxylation is 1. The summed E-state index contributed by atoms with van der Waals surface area (Å²) in [5, 5.41) is 5.86. The van der Waals surface area contributed by atoms with E-state index >= 15 is 0 Å². The Hall–Kier alpha value is -1.12. The first-order chi connectivity index (χ1) is 8.93. The Labute approximate surface area is 113 Å². The Morgan fingerprint density at radius 3 is 2.94 bits per heavy atom. The van der Waals surface area contributed by atoms with E-state index in [4.69, 9.17) is 0 Å². The minimum atomic E-state index is 0.726. The van der Waals surface area contributed by atoms with Gasteiger partial charge in [0.25, 0.3) is 0 Å². The average Bonchev–Trinajstić information content (AvgIpc) is 2.89. The zero-order valence-electron chi connectivity index (χ0n) is 10.6. The molecule has 0 fully saturated rings. The minimum Gasteiger partial charge on any atom is -0.312 e. The number of hydrogen-bond donors (Lipinski definition) is 1. The molecule has 1 N–H and O–H groups in total. The van der Waals surface area contributed by atoms with Crippen molar-refractivity contribution in [2.24, 2.45) is 0 Å². The number of fused-ring (bicyclic) bond motifs is 1. The molecular formula is C16H19NS. The van der Waals surface area contributed by atoms with Gasteiger partial charge in [-0.3, -0.25) is 0 Å². The molecule has 1 aliphatic rings. The summed E-state index contributed by atoms with van der Waals surface area (Å²) in [5.74, 6) is 0.726. The monoisotopic (exact) mass is 257 g/mol. The molecular weight excluding hydrogens is 238 g/mol. The van der Waals surface area contributed by atoms with Crippen LogP contribution >= 0.6 is 11.3 Å². The predicted octanol–water partition coefficient (Wildman–Crippen LogP) is 3.96. The summed E-state index contributed by atoms with van der Waals surface area (Å²) in [6, 6.07) is 13.0. The van der Waals surface area contributed by atoms with Gasteiger partial charge in [-0.2, -0.15) is 0 Å². The van der Waals surface area contributed by atoms with Gasteiger partial charge in [0, 0.05) is 18.0 Å². The molecule has 0 bridgehead atoms. The third-order valence-electron chi connectivity index (χ3n) is 3.74. The molecule has 0 aliphatic heterocycles. The van der Waals surface area contributed by atoms with Crippen molar-refractivity contribution in [2.45, 2.75) is 31.7 Å². The largest absolute Gasteiger partial charge is 0.312 e. The van der Waals surface area contributed by atoms with Crippen LogP contribution < -0.4 is 5.32 Å². The van der Waals surface area contributed by atoms with Crippen molar-refractivity contribution in [2.75, 3.05) is 6.54 Å². The Morgan fingerprint density at radius 1 is 1.17 bits per heavy atom. The SMILES string of the molecule is c1ccc(CNCC2CCCc3sccc32)cc1. The van der Waals surface area contributed by atoms with E-state index in [0.29, 0.717) is 0 Å². The Kier molecular flexibility index (Phi) is 3.77. The maximum absolute atomic E-state index is 3.61. The first kappa shape index (κ1) is 11.9. The van der Waals surface area contributed by atoms with Crippen molar-refractivity contribution in [3.63, 3.8) is 0 Å². The van der Waals surface area contributed by atoms with Crippen LogP contribution in [0.1, 0.15) is 34.8 Å². The van der Waals surface area contributed by atoms with Gasteiger partial charge in [-0.15, -0.1) is 11.3 Å². The van der Waals surface area contributed by atoms with Crippen molar-refractivity contribution in [3.8, 4) is 0 Å². The maximum Gasteiger partial charge on any atom is 0.0205 e. The van der Waals surface area contributed by atoms with Crippen molar-refractivity contribution in [1.29, 1.82) is 0 Å². The molecule has 3 rings (SSSR count). The summed E-state index contributed by atoms with van der Waals surface area (Å²) in [6.07, 6.45) is 3.99. The molecule has 1 unspecified atom stereocenters. The number of nitrogens with one attached hydrogen (secondary N) is 1. The molecule has 0 spiro atoms. The van der Waals surface area contributed by atoms with Crippen molar-refractivity contribution in [3.05, 3.63) is 57.8 Å². The minimum absolute atomic E-state index is 0.726. The third kappa shape index (κ3) is 2.65. The summed E-state index contributed by atoms with van der Waals surface area (Å²) in [4.78, 5) is 1.62. The second-order valence-electron chi connectivity index (χ2n) is 5.00. The average molecular weight is 257 g/mol. The molecule has 94 valence electrons. The van der Waals surface area contributed by atoms with Crippen LogP contribution in [0.25, 0.3) is 0 Å². The highest BCUT2D eigenvalue weighted by molar-refractivity contribution is 7.10. The van der Waals surface area contributed by atoms with Gasteiger partial charge in [0.1, 0.15) is 0 Å². The molecule has 1 heterocycles. The molecule has 1 aromatic carbocycles. The van der Waals surface area contributed by atoms with Crippen molar-refractivity contribution >= 4 is 11.3 Å². The standard InChI is InChI=1S/C16H19NS/c1-2-5-13(6-3-1)11-17-12-14-7-4-8-16-15(14)9-10-18-16/h1-3,5-6,9-10,14,17H,4,7-8,11-12H2. The molecule has 1 nitrogen and oxygen atoms in total. The third-order valence-corrected chi connectivity index (χ3v) is 4.74. The lowest BCUT2D eigenvalue weighted by molar-refractivity contribution is 0.511. The van der Waals surface area contributed by atoms with E-state index < -0.39 is 0 Å². The van der Waals surface area contributed by atoms with E-state index in [9.17, 15) is 0 Å². The Bertz CT molecular complexity index is 489. The number of thiophene rings is 1. The highest BCUT2D eigenvalue weighted by atomic mass is 32.1. The summed E-state index contributed by atoms with van der Waals surface area (Å²) in [7, 11) is 0. The molecule has 18 heavy (non-hydrogen) atoms. The van der Waals surface area contributed by atoms with Gasteiger partial charge in [-0.05, 0) is 47.8 Å². The zero-order valence-corrected chi connectivity index (χ0v) is 11.4. The molecule has 1 aliphatic carbocycles. The van der Waals surface area contributed by atoms with Crippen LogP contribution in [0.3, 0.4) is 0 Å². The zero-order chi connectivity index (χ0) is 12.2. The van der Waals surface area contributed by atoms with E-state index in [1.807, 2.05) is 11.3 Å². The van der Waals surface area contributed by atoms with Crippen LogP contribution in [0.5, 0.6) is 0 Å². The number of hydrogen-bond acceptors (Lipinski definition) is 2. The molecule has 1 aromatic heterocycles. The molecule has 0 radical (unpaired) electrons. The van der Waals surface area contributed by atoms with Gasteiger partial charge < -0.3 is 5.32 Å². The van der Waals surface area contributed by atoms with Crippen LogP contribution in [0, 0.1) is 0 Å². The van der Waals surface area contributed by atoms with E-state index in [-0.39, 0.29) is 0 Å². The number of rotatable bonds is 4. The van der Waals surface area contributed by atoms with Crippen LogP contribution in [-0.2, 0) is 13.0 Å². The lowest BCUT2D eigenvalue weighted by atomic mass is 9.88. The van der Waals surface area contributed by atoms with Gasteiger partial charge in [0.05, 0.1) is 0 Å². The summed E-state index contributed by atoms with van der Waals surface area (Å²) < 4.78 is 0. The second-order valence-corrected chi connectivity index (χ2v) is 6.01. The molecule has 1 atom stereocenters. The smallest absolute Gasteiger partial charge is 0.0205 e. The first-order valence-corrected chi connectivity index (χ1v) is 7.62. The van der Waals surface area contributed by atoms with Crippen molar-refractivity contribution < 1.29 is 0 Å². The fourth-order valence-electron chi connectivity index (χ4n) is 2.78. The molecule has 2 heteroatoms. The van der Waals surface area contributed by atoms with Gasteiger partial charge in [-0.25, -0.2) is 0 Å². The van der Waals surface area contributed by atoms with Gasteiger partial charge >= 0.3 is 0 Å². The molecule has 0 saturated heterocycles. The van der Waals surface area contributed by atoms with Crippen LogP contribution in [0.4, 0.5) is 0 Å². The van der Waals surface area contributed by atoms with E-state index in [1.165, 1.54) is 24.8 Å². The van der Waals surface area contributed by atoms with E-state index in [0.717, 1.165) is 19.0 Å². The molecule has 2 aromatic rings. The molecule has 0 saturated carbocycles. The van der Waals surface area contributed by atoms with Crippen molar-refractivity contribution in [1.82, 2.24) is 5.32 Å². The van der Waals surface area contributed by atoms with Gasteiger partial charge in [-0.1, -0.05) is 30.3 Å². The second kappa shape index (κ2) is 5.68. The lowest BCUT2D eigenvalue weighted by Gasteiger charge is -2.23. The normalized spacial score (nSPS) is 18.6.